The summed E-state index contributed by atoms with van der Waals surface area (Å²) < 4.78 is 22.6. The summed E-state index contributed by atoms with van der Waals surface area (Å²) in [5.74, 6) is 2.15. The Bertz CT molecular complexity index is 902. The van der Waals surface area contributed by atoms with E-state index in [4.69, 9.17) is 18.9 Å². The Morgan fingerprint density at radius 2 is 1.83 bits per heavy atom. The van der Waals surface area contributed by atoms with Gasteiger partial charge in [0.25, 0.3) is 0 Å². The largest absolute Gasteiger partial charge is 0.493 e. The fourth-order valence-electron chi connectivity index (χ4n) is 4.08. The van der Waals surface area contributed by atoms with Crippen molar-refractivity contribution in [1.82, 2.24) is 0 Å². The number of methoxy groups -OCH3 is 3. The van der Waals surface area contributed by atoms with Crippen LogP contribution in [-0.2, 0) is 22.6 Å². The molecule has 5 heteroatoms. The van der Waals surface area contributed by atoms with E-state index >= 15 is 0 Å². The Balaban J connectivity index is 1.86. The van der Waals surface area contributed by atoms with Crippen LogP contribution in [0.25, 0.3) is 0 Å². The van der Waals surface area contributed by atoms with Crippen LogP contribution in [0.5, 0.6) is 17.2 Å². The number of ether oxygens (including phenoxy) is 4. The fraction of sp³-hybridized carbons (Fsp3) is 0.375. The first-order chi connectivity index (χ1) is 14.0. The molecular weight excluding hydrogens is 368 g/mol. The molecule has 5 nitrogen and oxygen atoms in total. The number of carbonyl (C=O) groups excluding carboxylic acids is 1. The molecule has 0 spiro atoms. The first-order valence-corrected chi connectivity index (χ1v) is 9.66. The zero-order chi connectivity index (χ0) is 21.0. The van der Waals surface area contributed by atoms with Crippen molar-refractivity contribution in [3.63, 3.8) is 0 Å². The molecule has 0 radical (unpaired) electrons. The molecule has 0 saturated heterocycles. The predicted octanol–water partition coefficient (Wildman–Crippen LogP) is 4.60. The van der Waals surface area contributed by atoms with Crippen LogP contribution in [0.1, 0.15) is 34.8 Å². The number of benzene rings is 2. The molecule has 0 N–H and O–H groups in total. The van der Waals surface area contributed by atoms with E-state index in [-0.39, 0.29) is 12.0 Å². The smallest absolute Gasteiger partial charge is 0.161 e. The quantitative estimate of drug-likeness (QED) is 0.482. The molecule has 0 fully saturated rings. The Kier molecular flexibility index (Phi) is 6.60. The second-order valence-corrected chi connectivity index (χ2v) is 7.23. The van der Waals surface area contributed by atoms with Gasteiger partial charge in [-0.05, 0) is 65.8 Å². The molecule has 154 valence electrons. The molecule has 0 aliphatic heterocycles. The minimum atomic E-state index is -0.193. The molecule has 2 aromatic carbocycles. The summed E-state index contributed by atoms with van der Waals surface area (Å²) in [7, 11) is 4.91. The molecule has 0 amide bonds. The highest BCUT2D eigenvalue weighted by atomic mass is 16.5. The summed E-state index contributed by atoms with van der Waals surface area (Å²) in [6, 6.07) is 9.84. The molecule has 2 aromatic rings. The number of hydrogen-bond donors (Lipinski definition) is 0. The van der Waals surface area contributed by atoms with E-state index in [1.807, 2.05) is 31.2 Å². The summed E-state index contributed by atoms with van der Waals surface area (Å²) in [6.45, 7) is 6.37. The van der Waals surface area contributed by atoms with Crippen LogP contribution in [0.2, 0.25) is 0 Å². The number of hydrogen-bond acceptors (Lipinski definition) is 5. The summed E-state index contributed by atoms with van der Waals surface area (Å²) in [4.78, 5) is 11.3. The van der Waals surface area contributed by atoms with Gasteiger partial charge in [0.05, 0.1) is 20.3 Å². The van der Waals surface area contributed by atoms with Gasteiger partial charge in [0, 0.05) is 13.0 Å². The molecule has 0 heterocycles. The maximum Gasteiger partial charge on any atom is 0.161 e. The van der Waals surface area contributed by atoms with E-state index < -0.39 is 0 Å². The van der Waals surface area contributed by atoms with Gasteiger partial charge in [-0.2, -0.15) is 0 Å². The average molecular weight is 396 g/mol. The molecule has 3 rings (SSSR count). The lowest BCUT2D eigenvalue weighted by atomic mass is 9.76. The topological polar surface area (TPSA) is 54.0 Å². The van der Waals surface area contributed by atoms with Gasteiger partial charge in [-0.3, -0.25) is 4.79 Å². The molecule has 0 saturated carbocycles. The second-order valence-electron chi connectivity index (χ2n) is 7.23. The predicted molar refractivity (Wildman–Crippen MR) is 112 cm³/mol. The first kappa shape index (κ1) is 20.9. The molecule has 0 aromatic heterocycles. The van der Waals surface area contributed by atoms with Gasteiger partial charge in [0.15, 0.2) is 11.5 Å². The van der Waals surface area contributed by atoms with E-state index in [9.17, 15) is 4.79 Å². The number of fused-ring (bicyclic) bond motifs is 1. The summed E-state index contributed by atoms with van der Waals surface area (Å²) in [6.07, 6.45) is 2.40. The Hall–Kier alpha value is -2.79. The van der Waals surface area contributed by atoms with E-state index in [0.717, 1.165) is 41.6 Å². The minimum Gasteiger partial charge on any atom is -0.493 e. The van der Waals surface area contributed by atoms with Crippen LogP contribution in [0.15, 0.2) is 42.5 Å². The zero-order valence-corrected chi connectivity index (χ0v) is 17.5. The number of rotatable bonds is 8. The lowest BCUT2D eigenvalue weighted by molar-refractivity contribution is -0.106. The summed E-state index contributed by atoms with van der Waals surface area (Å²) >= 11 is 0. The molecular formula is C24H28O5. The van der Waals surface area contributed by atoms with Crippen molar-refractivity contribution >= 4 is 6.29 Å². The summed E-state index contributed by atoms with van der Waals surface area (Å²) in [5, 5.41) is 0. The van der Waals surface area contributed by atoms with E-state index in [0.29, 0.717) is 23.7 Å². The van der Waals surface area contributed by atoms with Crippen molar-refractivity contribution in [2.75, 3.05) is 21.3 Å². The van der Waals surface area contributed by atoms with Crippen LogP contribution in [0.4, 0.5) is 0 Å². The van der Waals surface area contributed by atoms with Gasteiger partial charge in [-0.15, -0.1) is 0 Å². The third kappa shape index (κ3) is 4.15. The van der Waals surface area contributed by atoms with Crippen LogP contribution in [0.3, 0.4) is 0 Å². The van der Waals surface area contributed by atoms with Crippen molar-refractivity contribution in [3.8, 4) is 17.2 Å². The Morgan fingerprint density at radius 3 is 2.48 bits per heavy atom. The molecule has 1 aliphatic rings. The average Bonchev–Trinajstić information content (AvgIpc) is 2.76. The Labute approximate surface area is 172 Å². The normalized spacial score (nSPS) is 17.9. The maximum absolute atomic E-state index is 11.3. The highest BCUT2D eigenvalue weighted by Crippen LogP contribution is 2.43. The van der Waals surface area contributed by atoms with Gasteiger partial charge < -0.3 is 18.9 Å². The van der Waals surface area contributed by atoms with E-state index in [1.165, 1.54) is 5.56 Å². The molecule has 0 bridgehead atoms. The van der Waals surface area contributed by atoms with Gasteiger partial charge in [0.2, 0.25) is 0 Å². The summed E-state index contributed by atoms with van der Waals surface area (Å²) in [5.41, 5.74) is 4.95. The van der Waals surface area contributed by atoms with Crippen molar-refractivity contribution in [3.05, 3.63) is 64.7 Å². The SMILES string of the molecule is C=C(C=O)[C@@H]1CCc2ccc(OCc3ccc(OC)c(OC)c3)c(C)c2[C@@H]1OC. The van der Waals surface area contributed by atoms with Crippen LogP contribution < -0.4 is 14.2 Å². The highest BCUT2D eigenvalue weighted by molar-refractivity contribution is 5.73. The lowest BCUT2D eigenvalue weighted by Crippen LogP contribution is -2.25. The van der Waals surface area contributed by atoms with Gasteiger partial charge in [-0.25, -0.2) is 0 Å². The van der Waals surface area contributed by atoms with Crippen molar-refractivity contribution in [2.24, 2.45) is 5.92 Å². The van der Waals surface area contributed by atoms with E-state index in [2.05, 4.69) is 12.6 Å². The van der Waals surface area contributed by atoms with Crippen molar-refractivity contribution in [1.29, 1.82) is 0 Å². The van der Waals surface area contributed by atoms with Crippen LogP contribution in [0, 0.1) is 12.8 Å². The maximum atomic E-state index is 11.3. The lowest BCUT2D eigenvalue weighted by Gasteiger charge is -2.34. The minimum absolute atomic E-state index is 0.00945. The van der Waals surface area contributed by atoms with Gasteiger partial charge in [-0.1, -0.05) is 18.7 Å². The van der Waals surface area contributed by atoms with Gasteiger partial charge >= 0.3 is 0 Å². The fourth-order valence-corrected chi connectivity index (χ4v) is 4.08. The van der Waals surface area contributed by atoms with Crippen molar-refractivity contribution < 1.29 is 23.7 Å². The molecule has 1 aliphatic carbocycles. The van der Waals surface area contributed by atoms with Crippen LogP contribution in [-0.4, -0.2) is 27.6 Å². The third-order valence-electron chi connectivity index (χ3n) is 5.65. The first-order valence-electron chi connectivity index (χ1n) is 9.66. The zero-order valence-electron chi connectivity index (χ0n) is 17.5. The highest BCUT2D eigenvalue weighted by Gasteiger charge is 2.33. The molecule has 0 unspecified atom stereocenters. The monoisotopic (exact) mass is 396 g/mol. The van der Waals surface area contributed by atoms with Gasteiger partial charge in [0.1, 0.15) is 18.6 Å². The number of carbonyl (C=O) groups is 1. The number of aldehydes is 1. The molecule has 2 atom stereocenters. The standard InChI is InChI=1S/C24H28O5/c1-15(13-25)19-9-7-18-8-11-20(16(2)23(18)24(19)28-5)29-14-17-6-10-21(26-3)22(12-17)27-4/h6,8,10-13,19,24H,1,7,9,14H2,2-5H3/t19-,24+/m0/s1. The Morgan fingerprint density at radius 1 is 1.10 bits per heavy atom. The molecule has 29 heavy (non-hydrogen) atoms. The third-order valence-corrected chi connectivity index (χ3v) is 5.65. The number of aryl methyl sites for hydroxylation is 1. The second kappa shape index (κ2) is 9.14. The van der Waals surface area contributed by atoms with Crippen LogP contribution >= 0.6 is 0 Å². The van der Waals surface area contributed by atoms with Crippen molar-refractivity contribution in [2.45, 2.75) is 32.5 Å². The van der Waals surface area contributed by atoms with E-state index in [1.54, 1.807) is 21.3 Å².